The molecular weight excluding hydrogens is 1060 g/mol. The fourth-order valence-electron chi connectivity index (χ4n) is 7.70. The molecule has 2 amide bonds. The Morgan fingerprint density at radius 2 is 1.03 bits per heavy atom. The van der Waals surface area contributed by atoms with Crippen molar-refractivity contribution in [1.82, 2.24) is 40.0 Å². The lowest BCUT2D eigenvalue weighted by atomic mass is 9.90. The zero-order chi connectivity index (χ0) is 57.6. The minimum absolute atomic E-state index is 0.234. The van der Waals surface area contributed by atoms with Crippen LogP contribution >= 0.6 is 15.9 Å². The van der Waals surface area contributed by atoms with Crippen molar-refractivity contribution in [3.63, 3.8) is 0 Å². The van der Waals surface area contributed by atoms with Crippen molar-refractivity contribution in [3.8, 4) is 30.3 Å². The molecule has 2 saturated heterocycles. The minimum atomic E-state index is -0.496. The van der Waals surface area contributed by atoms with Gasteiger partial charge in [0.2, 0.25) is 0 Å². The van der Waals surface area contributed by atoms with Gasteiger partial charge in [0.1, 0.15) is 70.6 Å². The standard InChI is InChI=1S/C16H22N4O2.C16H20N4O2.C11H14N4.C6H4BrN3.C6H5N3/c2*1-16(2,3)22-15(21)20-6-4-11(5-7-20)13-8-12(9-17)14(18)19-10-13;12-6-9-5-10(7-15-11(9)13)8-1-3-14-4-2-8;7-5-1-4(2-8)6(9)10-3-5;7-4-5-2-1-3-9-6(5)8/h8,10-11H,4-7H2,1-3H3,(H2,18,19);4,8,10H,5-7H2,1-3H3,(H2,18,19);5,7-8,14H,1-4H2,(H2,13,15);1,3H,(H2,9,10);1-3H,(H2,8,9). The summed E-state index contributed by atoms with van der Waals surface area (Å²) in [7, 11) is 0. The lowest BCUT2D eigenvalue weighted by Crippen LogP contribution is -2.41. The Morgan fingerprint density at radius 1 is 0.590 bits per heavy atom. The van der Waals surface area contributed by atoms with Gasteiger partial charge in [0.25, 0.3) is 0 Å². The molecule has 0 radical (unpaired) electrons. The third-order valence-corrected chi connectivity index (χ3v) is 12.2. The molecule has 11 N–H and O–H groups in total. The molecule has 0 atom stereocenters. The van der Waals surface area contributed by atoms with E-state index in [0.717, 1.165) is 65.5 Å². The summed E-state index contributed by atoms with van der Waals surface area (Å²) in [6, 6.07) is 20.3. The van der Waals surface area contributed by atoms with E-state index in [1.807, 2.05) is 71.9 Å². The number of rotatable bonds is 3. The van der Waals surface area contributed by atoms with Crippen LogP contribution in [0.4, 0.5) is 38.7 Å². The van der Waals surface area contributed by atoms with Gasteiger partial charge in [-0.2, -0.15) is 26.3 Å². The van der Waals surface area contributed by atoms with E-state index in [1.54, 1.807) is 71.1 Å². The first-order valence-electron chi connectivity index (χ1n) is 24.7. The summed E-state index contributed by atoms with van der Waals surface area (Å²) in [6.45, 7) is 15.6. The highest BCUT2D eigenvalue weighted by Crippen LogP contribution is 2.31. The van der Waals surface area contributed by atoms with Crippen molar-refractivity contribution in [2.24, 2.45) is 0 Å². The highest BCUT2D eigenvalue weighted by molar-refractivity contribution is 9.10. The van der Waals surface area contributed by atoms with Gasteiger partial charge in [-0.1, -0.05) is 6.08 Å². The van der Waals surface area contributed by atoms with E-state index in [-0.39, 0.29) is 29.6 Å². The first-order valence-corrected chi connectivity index (χ1v) is 25.5. The molecule has 8 rings (SSSR count). The van der Waals surface area contributed by atoms with Gasteiger partial charge in [0, 0.05) is 61.6 Å². The summed E-state index contributed by atoms with van der Waals surface area (Å²) in [5.74, 6) is 2.20. The van der Waals surface area contributed by atoms with Crippen LogP contribution in [0.25, 0.3) is 5.57 Å². The van der Waals surface area contributed by atoms with Crippen LogP contribution < -0.4 is 34.0 Å². The fourth-order valence-corrected chi connectivity index (χ4v) is 8.03. The van der Waals surface area contributed by atoms with E-state index in [0.29, 0.717) is 83.9 Å². The third-order valence-electron chi connectivity index (χ3n) is 11.8. The molecule has 0 spiro atoms. The lowest BCUT2D eigenvalue weighted by molar-refractivity contribution is 0.0203. The minimum Gasteiger partial charge on any atom is -0.444 e. The van der Waals surface area contributed by atoms with Crippen molar-refractivity contribution >= 4 is 62.8 Å². The third kappa shape index (κ3) is 19.6. The molecule has 3 aliphatic heterocycles. The Balaban J connectivity index is 0.000000219. The van der Waals surface area contributed by atoms with Crippen LogP contribution in [0.1, 0.15) is 130 Å². The molecule has 0 aliphatic carbocycles. The molecule has 406 valence electrons. The monoisotopic (exact) mass is 1120 g/mol. The summed E-state index contributed by atoms with van der Waals surface area (Å²) in [6.07, 6.45) is 14.2. The summed E-state index contributed by atoms with van der Waals surface area (Å²) >= 11 is 3.17. The zero-order valence-corrected chi connectivity index (χ0v) is 46.2. The molecule has 0 aromatic carbocycles. The second kappa shape index (κ2) is 29.3. The highest BCUT2D eigenvalue weighted by Gasteiger charge is 2.28. The number of aromatic nitrogens is 5. The maximum atomic E-state index is 12.0. The molecule has 23 heteroatoms. The Labute approximate surface area is 463 Å². The molecular formula is C55H65BrN18O4. The zero-order valence-electron chi connectivity index (χ0n) is 44.6. The number of nitrogens with one attached hydrogen (secondary N) is 1. The van der Waals surface area contributed by atoms with Gasteiger partial charge >= 0.3 is 12.2 Å². The van der Waals surface area contributed by atoms with Gasteiger partial charge in [-0.3, -0.25) is 0 Å². The Morgan fingerprint density at radius 3 is 1.46 bits per heavy atom. The second-order valence-corrected chi connectivity index (χ2v) is 20.7. The van der Waals surface area contributed by atoms with E-state index < -0.39 is 11.2 Å². The number of ether oxygens (including phenoxy) is 2. The van der Waals surface area contributed by atoms with Crippen molar-refractivity contribution in [2.75, 3.05) is 67.9 Å². The molecule has 0 bridgehead atoms. The maximum absolute atomic E-state index is 12.0. The van der Waals surface area contributed by atoms with Crippen LogP contribution in [-0.2, 0) is 9.47 Å². The average molecular weight is 1120 g/mol. The SMILES string of the molecule is CC(C)(C)OC(=O)N1CC=C(c2cnc(N)c(C#N)c2)CC1.CC(C)(C)OC(=O)N1CCC(c2cnc(N)c(C#N)c2)CC1.N#Cc1cc(Br)cnc1N.N#Cc1cc(C2CCNCC2)cnc1N.N#Cc1cccnc1N. The van der Waals surface area contributed by atoms with E-state index >= 15 is 0 Å². The van der Waals surface area contributed by atoms with Gasteiger partial charge in [-0.25, -0.2) is 34.5 Å². The molecule has 78 heavy (non-hydrogen) atoms. The van der Waals surface area contributed by atoms with E-state index in [2.05, 4.69) is 58.3 Å². The van der Waals surface area contributed by atoms with Gasteiger partial charge in [-0.05, 0) is 173 Å². The van der Waals surface area contributed by atoms with Gasteiger partial charge in [0.15, 0.2) is 0 Å². The molecule has 0 saturated carbocycles. The van der Waals surface area contributed by atoms with Crippen molar-refractivity contribution in [2.45, 2.75) is 96.7 Å². The molecule has 5 aromatic rings. The van der Waals surface area contributed by atoms with Crippen molar-refractivity contribution in [1.29, 1.82) is 26.3 Å². The number of hydrogen-bond acceptors (Lipinski definition) is 20. The molecule has 8 heterocycles. The first kappa shape index (κ1) is 61.5. The lowest BCUT2D eigenvalue weighted by Gasteiger charge is -2.33. The number of hydrogen-bond donors (Lipinski definition) is 6. The molecule has 0 unspecified atom stereocenters. The number of likely N-dealkylation sites (tertiary alicyclic amines) is 1. The van der Waals surface area contributed by atoms with E-state index in [1.165, 1.54) is 0 Å². The quantitative estimate of drug-likeness (QED) is 0.0994. The number of carbonyl (C=O) groups is 2. The number of anilines is 5. The number of pyridine rings is 5. The smallest absolute Gasteiger partial charge is 0.410 e. The predicted molar refractivity (Wildman–Crippen MR) is 300 cm³/mol. The summed E-state index contributed by atoms with van der Waals surface area (Å²) < 4.78 is 11.5. The van der Waals surface area contributed by atoms with Crippen molar-refractivity contribution < 1.29 is 19.1 Å². The Kier molecular flexibility index (Phi) is 23.1. The number of carbonyl (C=O) groups excluding carboxylic acids is 2. The maximum Gasteiger partial charge on any atom is 0.410 e. The number of halogens is 1. The second-order valence-electron chi connectivity index (χ2n) is 19.8. The normalized spacial score (nSPS) is 14.2. The van der Waals surface area contributed by atoms with Gasteiger partial charge in [0.05, 0.1) is 27.8 Å². The molecule has 2 fully saturated rings. The summed E-state index contributed by atoms with van der Waals surface area (Å²) in [5.41, 5.74) is 32.7. The summed E-state index contributed by atoms with van der Waals surface area (Å²) in [5, 5.41) is 47.0. The summed E-state index contributed by atoms with van der Waals surface area (Å²) in [4.78, 5) is 47.1. The number of amides is 2. The van der Waals surface area contributed by atoms with Crippen LogP contribution in [0.5, 0.6) is 0 Å². The number of piperidine rings is 2. The fraction of sp³-hybridized carbons (Fsp3) is 0.382. The number of nitrogen functional groups attached to an aromatic ring is 5. The van der Waals surface area contributed by atoms with Gasteiger partial charge < -0.3 is 53.3 Å². The molecule has 5 aromatic heterocycles. The Bertz CT molecular complexity index is 3120. The van der Waals surface area contributed by atoms with Crippen LogP contribution in [0.3, 0.4) is 0 Å². The number of nitriles is 5. The predicted octanol–water partition coefficient (Wildman–Crippen LogP) is 8.05. The van der Waals surface area contributed by atoms with Crippen LogP contribution in [0, 0.1) is 56.7 Å². The van der Waals surface area contributed by atoms with Crippen LogP contribution in [0.2, 0.25) is 0 Å². The van der Waals surface area contributed by atoms with E-state index in [9.17, 15) is 9.59 Å². The average Bonchev–Trinajstić information content (AvgIpc) is 3.42. The number of nitrogens with two attached hydrogens (primary N) is 5. The van der Waals surface area contributed by atoms with Crippen LogP contribution in [-0.4, -0.2) is 97.4 Å². The molecule has 3 aliphatic rings. The van der Waals surface area contributed by atoms with Gasteiger partial charge in [-0.15, -0.1) is 0 Å². The van der Waals surface area contributed by atoms with E-state index in [4.69, 9.17) is 64.5 Å². The Hall–Kier alpha value is -9.08. The molecule has 22 nitrogen and oxygen atoms in total. The number of nitrogens with zero attached hydrogens (tertiary/aromatic N) is 12. The largest absolute Gasteiger partial charge is 0.444 e. The first-order chi connectivity index (χ1) is 37.0. The topological polar surface area (TPSA) is 385 Å². The highest BCUT2D eigenvalue weighted by atomic mass is 79.9. The van der Waals surface area contributed by atoms with Crippen molar-refractivity contribution in [3.05, 3.63) is 122 Å². The van der Waals surface area contributed by atoms with Crippen LogP contribution in [0.15, 0.2) is 77.9 Å².